The molecule has 1 amide bonds. The molecule has 1 heterocycles. The lowest BCUT2D eigenvalue weighted by Gasteiger charge is -2.12. The van der Waals surface area contributed by atoms with Gasteiger partial charge in [0.2, 0.25) is 0 Å². The van der Waals surface area contributed by atoms with E-state index >= 15 is 0 Å². The normalized spacial score (nSPS) is 11.5. The molecule has 0 radical (unpaired) electrons. The quantitative estimate of drug-likeness (QED) is 0.903. The molecule has 0 fully saturated rings. The van der Waals surface area contributed by atoms with Crippen LogP contribution in [-0.2, 0) is 0 Å². The first-order chi connectivity index (χ1) is 10.4. The topological polar surface area (TPSA) is 85.8 Å². The number of benzene rings is 1. The van der Waals surface area contributed by atoms with Crippen LogP contribution in [0.1, 0.15) is 27.7 Å². The molecule has 0 aliphatic heterocycles. The summed E-state index contributed by atoms with van der Waals surface area (Å²) in [6.45, 7) is 1.71. The number of H-pyrrole nitrogens is 1. The summed E-state index contributed by atoms with van der Waals surface area (Å²) < 4.78 is 0. The van der Waals surface area contributed by atoms with Gasteiger partial charge in [-0.25, -0.2) is 0 Å². The molecule has 0 saturated carbocycles. The minimum Gasteiger partial charge on any atom is -0.332 e. The highest BCUT2D eigenvalue weighted by molar-refractivity contribution is 6.42. The predicted octanol–water partition coefficient (Wildman–Crippen LogP) is 2.98. The van der Waals surface area contributed by atoms with Crippen molar-refractivity contribution in [3.05, 3.63) is 67.6 Å². The van der Waals surface area contributed by atoms with E-state index in [0.717, 1.165) is 0 Å². The number of carbonyl (C=O) groups is 1. The summed E-state index contributed by atoms with van der Waals surface area (Å²) in [6.07, 6.45) is 0. The Balaban J connectivity index is 2.26. The second-order valence-corrected chi connectivity index (χ2v) is 5.41. The van der Waals surface area contributed by atoms with Crippen LogP contribution in [0, 0.1) is 18.3 Å². The lowest BCUT2D eigenvalue weighted by Crippen LogP contribution is -2.32. The summed E-state index contributed by atoms with van der Waals surface area (Å²) in [6, 6.07) is 8.65. The number of aromatic amines is 1. The third-order valence-corrected chi connectivity index (χ3v) is 3.72. The van der Waals surface area contributed by atoms with Crippen LogP contribution >= 0.6 is 23.2 Å². The van der Waals surface area contributed by atoms with E-state index in [1.54, 1.807) is 19.1 Å². The van der Waals surface area contributed by atoms with Crippen molar-refractivity contribution >= 4 is 29.1 Å². The monoisotopic (exact) mass is 335 g/mol. The Morgan fingerprint density at radius 2 is 2.00 bits per heavy atom. The number of aryl methyl sites for hydroxylation is 1. The molecule has 1 aromatic heterocycles. The molecule has 112 valence electrons. The number of hydrogen-bond donors (Lipinski definition) is 2. The molecule has 22 heavy (non-hydrogen) atoms. The van der Waals surface area contributed by atoms with Crippen molar-refractivity contribution in [1.29, 1.82) is 5.26 Å². The maximum atomic E-state index is 12.1. The fraction of sp³-hybridized carbons (Fsp3) is 0.133. The molecule has 1 atom stereocenters. The molecule has 5 nitrogen and oxygen atoms in total. The van der Waals surface area contributed by atoms with Crippen molar-refractivity contribution in [2.75, 3.05) is 0 Å². The van der Waals surface area contributed by atoms with E-state index < -0.39 is 17.5 Å². The van der Waals surface area contributed by atoms with Crippen molar-refractivity contribution in [3.8, 4) is 6.07 Å². The second kappa shape index (κ2) is 6.65. The molecule has 2 rings (SSSR count). The van der Waals surface area contributed by atoms with Crippen LogP contribution in [-0.4, -0.2) is 10.9 Å². The molecule has 0 aliphatic carbocycles. The molecule has 0 spiro atoms. The number of carbonyl (C=O) groups excluding carboxylic acids is 1. The number of nitriles is 1. The highest BCUT2D eigenvalue weighted by atomic mass is 35.5. The van der Waals surface area contributed by atoms with Crippen molar-refractivity contribution in [3.63, 3.8) is 0 Å². The standard InChI is InChI=1S/C15H11Cl2N3O2/c1-8-2-4-10(14(21)19-8)15(22)20-13(7-18)9-3-5-11(16)12(17)6-9/h2-6,13H,1H3,(H,19,21)(H,20,22)/t13-/m1/s1. The van der Waals surface area contributed by atoms with Crippen LogP contribution in [0.2, 0.25) is 10.0 Å². The fourth-order valence-electron chi connectivity index (χ4n) is 1.84. The second-order valence-electron chi connectivity index (χ2n) is 4.59. The molecule has 2 N–H and O–H groups in total. The Labute approximate surface area is 136 Å². The first kappa shape index (κ1) is 16.1. The van der Waals surface area contributed by atoms with Gasteiger partial charge in [0.15, 0.2) is 0 Å². The zero-order chi connectivity index (χ0) is 16.3. The number of hydrogen-bond acceptors (Lipinski definition) is 3. The van der Waals surface area contributed by atoms with Crippen molar-refractivity contribution in [2.45, 2.75) is 13.0 Å². The Morgan fingerprint density at radius 1 is 1.27 bits per heavy atom. The predicted molar refractivity (Wildman–Crippen MR) is 84.1 cm³/mol. The van der Waals surface area contributed by atoms with E-state index in [-0.39, 0.29) is 10.6 Å². The van der Waals surface area contributed by atoms with Gasteiger partial charge < -0.3 is 10.3 Å². The average molecular weight is 336 g/mol. The number of pyridine rings is 1. The fourth-order valence-corrected chi connectivity index (χ4v) is 2.15. The molecule has 7 heteroatoms. The Hall–Kier alpha value is -2.29. The van der Waals surface area contributed by atoms with Crippen molar-refractivity contribution < 1.29 is 4.79 Å². The van der Waals surface area contributed by atoms with Crippen molar-refractivity contribution in [1.82, 2.24) is 10.3 Å². The number of halogens is 2. The van der Waals surface area contributed by atoms with Gasteiger partial charge in [0.1, 0.15) is 11.6 Å². The molecular weight excluding hydrogens is 325 g/mol. The van der Waals surface area contributed by atoms with Gasteiger partial charge in [-0.3, -0.25) is 9.59 Å². The number of aromatic nitrogens is 1. The summed E-state index contributed by atoms with van der Waals surface area (Å²) in [7, 11) is 0. The number of rotatable bonds is 3. The van der Waals surface area contributed by atoms with Crippen LogP contribution < -0.4 is 10.9 Å². The highest BCUT2D eigenvalue weighted by Gasteiger charge is 2.18. The molecular formula is C15H11Cl2N3O2. The van der Waals surface area contributed by atoms with Crippen LogP contribution in [0.25, 0.3) is 0 Å². The minimum absolute atomic E-state index is 0.0640. The average Bonchev–Trinajstić information content (AvgIpc) is 2.47. The van der Waals surface area contributed by atoms with Gasteiger partial charge in [0.05, 0.1) is 16.1 Å². The molecule has 1 aromatic carbocycles. The van der Waals surface area contributed by atoms with Gasteiger partial charge in [-0.15, -0.1) is 0 Å². The maximum absolute atomic E-state index is 12.1. The zero-order valence-electron chi connectivity index (χ0n) is 11.5. The van der Waals surface area contributed by atoms with Gasteiger partial charge in [-0.2, -0.15) is 5.26 Å². The Kier molecular flexibility index (Phi) is 4.86. The van der Waals surface area contributed by atoms with Gasteiger partial charge in [0, 0.05) is 5.69 Å². The van der Waals surface area contributed by atoms with Crippen LogP contribution in [0.4, 0.5) is 0 Å². The smallest absolute Gasteiger partial charge is 0.260 e. The van der Waals surface area contributed by atoms with E-state index in [4.69, 9.17) is 23.2 Å². The van der Waals surface area contributed by atoms with Gasteiger partial charge in [-0.05, 0) is 36.8 Å². The maximum Gasteiger partial charge on any atom is 0.260 e. The van der Waals surface area contributed by atoms with Crippen LogP contribution in [0.15, 0.2) is 35.1 Å². The molecule has 2 aromatic rings. The van der Waals surface area contributed by atoms with E-state index in [1.807, 2.05) is 6.07 Å². The molecule has 0 aliphatic rings. The van der Waals surface area contributed by atoms with E-state index in [9.17, 15) is 14.9 Å². The van der Waals surface area contributed by atoms with Gasteiger partial charge >= 0.3 is 0 Å². The summed E-state index contributed by atoms with van der Waals surface area (Å²) in [4.78, 5) is 26.4. The molecule has 0 unspecified atom stereocenters. The third-order valence-electron chi connectivity index (χ3n) is 2.98. The summed E-state index contributed by atoms with van der Waals surface area (Å²) in [5.74, 6) is -0.640. The first-order valence-corrected chi connectivity index (χ1v) is 7.03. The third kappa shape index (κ3) is 3.48. The number of amides is 1. The lowest BCUT2D eigenvalue weighted by molar-refractivity contribution is 0.0943. The van der Waals surface area contributed by atoms with E-state index in [1.165, 1.54) is 18.2 Å². The summed E-state index contributed by atoms with van der Waals surface area (Å²) in [5.41, 5.74) is 0.547. The van der Waals surface area contributed by atoms with E-state index in [0.29, 0.717) is 16.3 Å². The Bertz CT molecular complexity index is 824. The van der Waals surface area contributed by atoms with Crippen molar-refractivity contribution in [2.24, 2.45) is 0 Å². The minimum atomic E-state index is -0.942. The molecule has 0 bridgehead atoms. The molecule has 0 saturated heterocycles. The van der Waals surface area contributed by atoms with Crippen LogP contribution in [0.5, 0.6) is 0 Å². The number of nitrogens with one attached hydrogen (secondary N) is 2. The van der Waals surface area contributed by atoms with Gasteiger partial charge in [0.25, 0.3) is 11.5 Å². The first-order valence-electron chi connectivity index (χ1n) is 6.27. The SMILES string of the molecule is Cc1ccc(C(=O)N[C@H](C#N)c2ccc(Cl)c(Cl)c2)c(=O)[nH]1. The Morgan fingerprint density at radius 3 is 2.59 bits per heavy atom. The summed E-state index contributed by atoms with van der Waals surface area (Å²) in [5, 5.41) is 12.3. The zero-order valence-corrected chi connectivity index (χ0v) is 13.0. The van der Waals surface area contributed by atoms with Crippen LogP contribution in [0.3, 0.4) is 0 Å². The van der Waals surface area contributed by atoms with Gasteiger partial charge in [-0.1, -0.05) is 29.3 Å². The summed E-state index contributed by atoms with van der Waals surface area (Å²) >= 11 is 11.7. The lowest BCUT2D eigenvalue weighted by atomic mass is 10.1. The van der Waals surface area contributed by atoms with E-state index in [2.05, 4.69) is 10.3 Å². The highest BCUT2D eigenvalue weighted by Crippen LogP contribution is 2.25. The largest absolute Gasteiger partial charge is 0.332 e. The number of nitrogens with zero attached hydrogens (tertiary/aromatic N) is 1.